The van der Waals surface area contributed by atoms with Gasteiger partial charge in [-0.15, -0.1) is 0 Å². The van der Waals surface area contributed by atoms with Crippen molar-refractivity contribution in [2.45, 2.75) is 45.7 Å². The SMILES string of the molecule is CCC(CO)NC(=O)NC(Cc1ccccc1OC)C(C)C. The van der Waals surface area contributed by atoms with Crippen molar-refractivity contribution < 1.29 is 14.6 Å². The number of para-hydroxylation sites is 1. The Hall–Kier alpha value is -1.75. The molecule has 0 saturated heterocycles. The summed E-state index contributed by atoms with van der Waals surface area (Å²) in [5.41, 5.74) is 1.07. The molecule has 1 aromatic carbocycles. The van der Waals surface area contributed by atoms with Crippen LogP contribution in [0.25, 0.3) is 0 Å². The number of ether oxygens (including phenoxy) is 1. The summed E-state index contributed by atoms with van der Waals surface area (Å²) >= 11 is 0. The van der Waals surface area contributed by atoms with E-state index in [0.717, 1.165) is 11.3 Å². The van der Waals surface area contributed by atoms with E-state index in [2.05, 4.69) is 24.5 Å². The third-order valence-electron chi connectivity index (χ3n) is 3.80. The minimum Gasteiger partial charge on any atom is -0.496 e. The molecule has 22 heavy (non-hydrogen) atoms. The summed E-state index contributed by atoms with van der Waals surface area (Å²) in [6, 6.07) is 7.37. The largest absolute Gasteiger partial charge is 0.496 e. The van der Waals surface area contributed by atoms with E-state index in [9.17, 15) is 4.79 Å². The summed E-state index contributed by atoms with van der Waals surface area (Å²) in [5.74, 6) is 1.11. The summed E-state index contributed by atoms with van der Waals surface area (Å²) in [6.07, 6.45) is 1.40. The minimum absolute atomic E-state index is 0.00695. The van der Waals surface area contributed by atoms with Gasteiger partial charge in [0.05, 0.1) is 19.8 Å². The van der Waals surface area contributed by atoms with Crippen LogP contribution in [0.3, 0.4) is 0 Å². The van der Waals surface area contributed by atoms with Gasteiger partial charge in [0.2, 0.25) is 0 Å². The quantitative estimate of drug-likeness (QED) is 0.690. The fourth-order valence-electron chi connectivity index (χ4n) is 2.23. The molecule has 2 atom stereocenters. The van der Waals surface area contributed by atoms with Crippen molar-refractivity contribution >= 4 is 6.03 Å². The Balaban J connectivity index is 2.71. The topological polar surface area (TPSA) is 70.6 Å². The summed E-state index contributed by atoms with van der Waals surface area (Å²) in [7, 11) is 1.65. The van der Waals surface area contributed by atoms with E-state index in [1.54, 1.807) is 7.11 Å². The maximum atomic E-state index is 12.1. The first-order valence-electron chi connectivity index (χ1n) is 7.81. The highest BCUT2D eigenvalue weighted by molar-refractivity contribution is 5.74. The van der Waals surface area contributed by atoms with Gasteiger partial charge in [0, 0.05) is 6.04 Å². The number of carbonyl (C=O) groups is 1. The summed E-state index contributed by atoms with van der Waals surface area (Å²) < 4.78 is 5.37. The second kappa shape index (κ2) is 9.30. The molecule has 2 unspecified atom stereocenters. The third kappa shape index (κ3) is 5.56. The van der Waals surface area contributed by atoms with Crippen LogP contribution in [0, 0.1) is 5.92 Å². The van der Waals surface area contributed by atoms with Crippen molar-refractivity contribution in [1.29, 1.82) is 0 Å². The van der Waals surface area contributed by atoms with Gasteiger partial charge < -0.3 is 20.5 Å². The zero-order valence-electron chi connectivity index (χ0n) is 13.9. The summed E-state index contributed by atoms with van der Waals surface area (Å²) in [6.45, 7) is 6.02. The van der Waals surface area contributed by atoms with Gasteiger partial charge in [-0.25, -0.2) is 4.79 Å². The number of rotatable bonds is 8. The predicted molar refractivity (Wildman–Crippen MR) is 88.2 cm³/mol. The van der Waals surface area contributed by atoms with Gasteiger partial charge in [0.15, 0.2) is 0 Å². The van der Waals surface area contributed by atoms with Crippen molar-refractivity contribution in [2.75, 3.05) is 13.7 Å². The van der Waals surface area contributed by atoms with Gasteiger partial charge >= 0.3 is 6.03 Å². The lowest BCUT2D eigenvalue weighted by molar-refractivity contribution is 0.209. The van der Waals surface area contributed by atoms with Crippen molar-refractivity contribution in [1.82, 2.24) is 10.6 Å². The molecule has 3 N–H and O–H groups in total. The molecule has 5 heteroatoms. The Morgan fingerprint density at radius 2 is 1.95 bits per heavy atom. The van der Waals surface area contributed by atoms with Crippen molar-refractivity contribution in [3.8, 4) is 5.75 Å². The number of hydrogen-bond donors (Lipinski definition) is 3. The number of benzene rings is 1. The Bertz CT molecular complexity index is 459. The maximum Gasteiger partial charge on any atom is 0.315 e. The van der Waals surface area contributed by atoms with Gasteiger partial charge in [-0.3, -0.25) is 0 Å². The van der Waals surface area contributed by atoms with E-state index in [0.29, 0.717) is 12.8 Å². The second-order valence-electron chi connectivity index (χ2n) is 5.77. The van der Waals surface area contributed by atoms with Crippen LogP contribution in [0.4, 0.5) is 4.79 Å². The first-order valence-corrected chi connectivity index (χ1v) is 7.81. The third-order valence-corrected chi connectivity index (χ3v) is 3.80. The predicted octanol–water partition coefficient (Wildman–Crippen LogP) is 2.33. The molecular formula is C17H28N2O3. The highest BCUT2D eigenvalue weighted by Gasteiger charge is 2.19. The zero-order valence-corrected chi connectivity index (χ0v) is 13.9. The minimum atomic E-state index is -0.241. The highest BCUT2D eigenvalue weighted by atomic mass is 16.5. The van der Waals surface area contributed by atoms with Crippen LogP contribution >= 0.6 is 0 Å². The average molecular weight is 308 g/mol. The standard InChI is InChI=1S/C17H28N2O3/c1-5-14(11-20)18-17(21)19-15(12(2)3)10-13-8-6-7-9-16(13)22-4/h6-9,12,14-15,20H,5,10-11H2,1-4H3,(H2,18,19,21). The highest BCUT2D eigenvalue weighted by Crippen LogP contribution is 2.21. The van der Waals surface area contributed by atoms with Crippen LogP contribution < -0.4 is 15.4 Å². The first kappa shape index (κ1) is 18.3. The molecule has 0 aromatic heterocycles. The monoisotopic (exact) mass is 308 g/mol. The van der Waals surface area contributed by atoms with Crippen molar-refractivity contribution in [3.63, 3.8) is 0 Å². The number of aliphatic hydroxyl groups is 1. The number of hydrogen-bond acceptors (Lipinski definition) is 3. The molecule has 0 saturated carbocycles. The fourth-order valence-corrected chi connectivity index (χ4v) is 2.23. The van der Waals surface area contributed by atoms with Crippen molar-refractivity contribution in [2.24, 2.45) is 5.92 Å². The van der Waals surface area contributed by atoms with Gasteiger partial charge in [0.1, 0.15) is 5.75 Å². The molecule has 1 aromatic rings. The van der Waals surface area contributed by atoms with E-state index in [-0.39, 0.29) is 30.6 Å². The van der Waals surface area contributed by atoms with E-state index >= 15 is 0 Å². The van der Waals surface area contributed by atoms with Gasteiger partial charge in [-0.1, -0.05) is 39.0 Å². The van der Waals surface area contributed by atoms with Gasteiger partial charge in [0.25, 0.3) is 0 Å². The molecular weight excluding hydrogens is 280 g/mol. The number of methoxy groups -OCH3 is 1. The van der Waals surface area contributed by atoms with E-state index in [4.69, 9.17) is 9.84 Å². The van der Waals surface area contributed by atoms with Crippen LogP contribution in [0.5, 0.6) is 5.75 Å². The molecule has 124 valence electrons. The number of aliphatic hydroxyl groups excluding tert-OH is 1. The lowest BCUT2D eigenvalue weighted by Crippen LogP contribution is -2.49. The normalized spacial score (nSPS) is 13.5. The lowest BCUT2D eigenvalue weighted by Gasteiger charge is -2.25. The molecule has 0 aliphatic carbocycles. The molecule has 0 radical (unpaired) electrons. The van der Waals surface area contributed by atoms with Crippen LogP contribution in [0.2, 0.25) is 0 Å². The number of carbonyl (C=O) groups excluding carboxylic acids is 1. The molecule has 0 bridgehead atoms. The average Bonchev–Trinajstić information content (AvgIpc) is 2.52. The number of amides is 2. The van der Waals surface area contributed by atoms with E-state index < -0.39 is 0 Å². The molecule has 0 fully saturated rings. The van der Waals surface area contributed by atoms with Gasteiger partial charge in [-0.2, -0.15) is 0 Å². The summed E-state index contributed by atoms with van der Waals surface area (Å²) in [5, 5.41) is 14.9. The molecule has 0 aliphatic rings. The fraction of sp³-hybridized carbons (Fsp3) is 0.588. The van der Waals surface area contributed by atoms with Crippen molar-refractivity contribution in [3.05, 3.63) is 29.8 Å². The van der Waals surface area contributed by atoms with Crippen LogP contribution in [-0.2, 0) is 6.42 Å². The van der Waals surface area contributed by atoms with Crippen LogP contribution in [-0.4, -0.2) is 36.9 Å². The number of nitrogens with one attached hydrogen (secondary N) is 2. The Morgan fingerprint density at radius 3 is 2.50 bits per heavy atom. The van der Waals surface area contributed by atoms with E-state index in [1.165, 1.54) is 0 Å². The molecule has 1 rings (SSSR count). The van der Waals surface area contributed by atoms with E-state index in [1.807, 2.05) is 31.2 Å². The molecule has 0 heterocycles. The lowest BCUT2D eigenvalue weighted by atomic mass is 9.96. The Morgan fingerprint density at radius 1 is 1.27 bits per heavy atom. The van der Waals surface area contributed by atoms with Gasteiger partial charge in [-0.05, 0) is 30.4 Å². The first-order chi connectivity index (χ1) is 10.5. The summed E-state index contributed by atoms with van der Waals surface area (Å²) in [4.78, 5) is 12.1. The van der Waals surface area contributed by atoms with Crippen LogP contribution in [0.15, 0.2) is 24.3 Å². The Labute approximate surface area is 133 Å². The smallest absolute Gasteiger partial charge is 0.315 e. The molecule has 5 nitrogen and oxygen atoms in total. The number of urea groups is 1. The molecule has 0 spiro atoms. The second-order valence-corrected chi connectivity index (χ2v) is 5.77. The maximum absolute atomic E-state index is 12.1. The molecule has 2 amide bonds. The molecule has 0 aliphatic heterocycles. The van der Waals surface area contributed by atoms with Crippen LogP contribution in [0.1, 0.15) is 32.8 Å². The zero-order chi connectivity index (χ0) is 16.5. The Kier molecular flexibility index (Phi) is 7.74.